The lowest BCUT2D eigenvalue weighted by Crippen LogP contribution is -2.32. The first-order chi connectivity index (χ1) is 9.15. The molecule has 0 bridgehead atoms. The lowest BCUT2D eigenvalue weighted by atomic mass is 10.0. The number of nitrogens with zero attached hydrogens (tertiary/aromatic N) is 2. The third-order valence-corrected chi connectivity index (χ3v) is 4.61. The molecule has 2 saturated heterocycles. The topological polar surface area (TPSA) is 35.6 Å². The van der Waals surface area contributed by atoms with Gasteiger partial charge < -0.3 is 15.1 Å². The summed E-state index contributed by atoms with van der Waals surface area (Å²) in [5, 5.41) is 3.36. The van der Waals surface area contributed by atoms with Gasteiger partial charge in [0.05, 0.1) is 0 Å². The van der Waals surface area contributed by atoms with Gasteiger partial charge in [0.15, 0.2) is 0 Å². The Hall–Kier alpha value is -0.610. The summed E-state index contributed by atoms with van der Waals surface area (Å²) in [6.07, 6.45) is 5.54. The van der Waals surface area contributed by atoms with Crippen LogP contribution in [0.1, 0.15) is 32.1 Å². The highest BCUT2D eigenvalue weighted by Crippen LogP contribution is 2.20. The standard InChI is InChI=1S/C15H29N3O/c1-17-9-7-13(11-17)4-3-5-15(19)18(2)12-14-6-8-16-10-14/h13-14,16H,3-12H2,1-2H3. The minimum absolute atomic E-state index is 0.332. The van der Waals surface area contributed by atoms with E-state index in [2.05, 4.69) is 17.3 Å². The summed E-state index contributed by atoms with van der Waals surface area (Å²) in [4.78, 5) is 16.4. The minimum atomic E-state index is 0.332. The molecule has 0 radical (unpaired) electrons. The number of hydrogen-bond donors (Lipinski definition) is 1. The summed E-state index contributed by atoms with van der Waals surface area (Å²) in [6, 6.07) is 0. The van der Waals surface area contributed by atoms with Crippen LogP contribution < -0.4 is 5.32 Å². The summed E-state index contributed by atoms with van der Waals surface area (Å²) in [5.74, 6) is 1.82. The second-order valence-corrected chi connectivity index (χ2v) is 6.44. The van der Waals surface area contributed by atoms with Crippen molar-refractivity contribution in [3.8, 4) is 0 Å². The Morgan fingerprint density at radius 3 is 2.84 bits per heavy atom. The number of likely N-dealkylation sites (tertiary alicyclic amines) is 1. The Morgan fingerprint density at radius 2 is 2.21 bits per heavy atom. The quantitative estimate of drug-likeness (QED) is 0.785. The molecule has 110 valence electrons. The van der Waals surface area contributed by atoms with Crippen molar-refractivity contribution in [2.24, 2.45) is 11.8 Å². The van der Waals surface area contributed by atoms with E-state index in [1.807, 2.05) is 11.9 Å². The second-order valence-electron chi connectivity index (χ2n) is 6.44. The van der Waals surface area contributed by atoms with Gasteiger partial charge in [-0.15, -0.1) is 0 Å². The van der Waals surface area contributed by atoms with Crippen LogP contribution in [0.2, 0.25) is 0 Å². The molecule has 2 fully saturated rings. The summed E-state index contributed by atoms with van der Waals surface area (Å²) < 4.78 is 0. The monoisotopic (exact) mass is 267 g/mol. The van der Waals surface area contributed by atoms with Crippen molar-refractivity contribution >= 4 is 5.91 Å². The Morgan fingerprint density at radius 1 is 1.37 bits per heavy atom. The molecule has 0 aromatic heterocycles. The van der Waals surface area contributed by atoms with Gasteiger partial charge in [0.25, 0.3) is 0 Å². The van der Waals surface area contributed by atoms with Crippen molar-refractivity contribution in [2.45, 2.75) is 32.1 Å². The van der Waals surface area contributed by atoms with Crippen molar-refractivity contribution in [3.05, 3.63) is 0 Å². The van der Waals surface area contributed by atoms with Gasteiger partial charge in [-0.05, 0) is 64.2 Å². The smallest absolute Gasteiger partial charge is 0.222 e. The predicted octanol–water partition coefficient (Wildman–Crippen LogP) is 1.18. The minimum Gasteiger partial charge on any atom is -0.345 e. The zero-order valence-electron chi connectivity index (χ0n) is 12.5. The van der Waals surface area contributed by atoms with Gasteiger partial charge in [-0.2, -0.15) is 0 Å². The molecule has 2 heterocycles. The molecule has 2 aliphatic heterocycles. The van der Waals surface area contributed by atoms with Gasteiger partial charge in [-0.25, -0.2) is 0 Å². The molecule has 1 amide bonds. The molecule has 0 saturated carbocycles. The molecular formula is C15H29N3O. The van der Waals surface area contributed by atoms with E-state index >= 15 is 0 Å². The molecule has 2 rings (SSSR count). The molecule has 19 heavy (non-hydrogen) atoms. The van der Waals surface area contributed by atoms with Crippen LogP contribution >= 0.6 is 0 Å². The highest BCUT2D eigenvalue weighted by molar-refractivity contribution is 5.75. The lowest BCUT2D eigenvalue weighted by molar-refractivity contribution is -0.130. The predicted molar refractivity (Wildman–Crippen MR) is 78.1 cm³/mol. The van der Waals surface area contributed by atoms with E-state index in [1.54, 1.807) is 0 Å². The average Bonchev–Trinajstić information content (AvgIpc) is 3.01. The van der Waals surface area contributed by atoms with Crippen molar-refractivity contribution in [1.29, 1.82) is 0 Å². The fraction of sp³-hybridized carbons (Fsp3) is 0.933. The molecule has 2 aliphatic rings. The molecular weight excluding hydrogens is 238 g/mol. The maximum atomic E-state index is 12.1. The lowest BCUT2D eigenvalue weighted by Gasteiger charge is -2.21. The van der Waals surface area contributed by atoms with E-state index in [0.717, 1.165) is 38.4 Å². The fourth-order valence-corrected chi connectivity index (χ4v) is 3.35. The maximum Gasteiger partial charge on any atom is 0.222 e. The maximum absolute atomic E-state index is 12.1. The molecule has 0 aliphatic carbocycles. The van der Waals surface area contributed by atoms with Crippen molar-refractivity contribution in [3.63, 3.8) is 0 Å². The van der Waals surface area contributed by atoms with E-state index in [9.17, 15) is 4.79 Å². The molecule has 4 nitrogen and oxygen atoms in total. The molecule has 0 spiro atoms. The Balaban J connectivity index is 1.58. The van der Waals surface area contributed by atoms with Crippen LogP contribution in [0.15, 0.2) is 0 Å². The highest BCUT2D eigenvalue weighted by Gasteiger charge is 2.21. The molecule has 2 unspecified atom stereocenters. The largest absolute Gasteiger partial charge is 0.345 e. The zero-order chi connectivity index (χ0) is 13.7. The first kappa shape index (κ1) is 14.8. The van der Waals surface area contributed by atoms with Gasteiger partial charge in [-0.3, -0.25) is 4.79 Å². The summed E-state index contributed by atoms with van der Waals surface area (Å²) >= 11 is 0. The molecule has 1 N–H and O–H groups in total. The molecule has 0 aromatic rings. The van der Waals surface area contributed by atoms with Crippen LogP contribution in [-0.2, 0) is 4.79 Å². The van der Waals surface area contributed by atoms with Crippen LogP contribution in [0.4, 0.5) is 0 Å². The van der Waals surface area contributed by atoms with Crippen LogP contribution in [-0.4, -0.2) is 62.5 Å². The van der Waals surface area contributed by atoms with Crippen LogP contribution in [0.25, 0.3) is 0 Å². The average molecular weight is 267 g/mol. The van der Waals surface area contributed by atoms with Gasteiger partial charge in [0.1, 0.15) is 0 Å². The Labute approximate surface area is 117 Å². The Bertz CT molecular complexity index is 289. The normalized spacial score (nSPS) is 27.9. The van der Waals surface area contributed by atoms with Gasteiger partial charge >= 0.3 is 0 Å². The zero-order valence-corrected chi connectivity index (χ0v) is 12.5. The number of nitrogens with one attached hydrogen (secondary N) is 1. The van der Waals surface area contributed by atoms with Crippen LogP contribution in [0.3, 0.4) is 0 Å². The van der Waals surface area contributed by atoms with E-state index in [0.29, 0.717) is 11.8 Å². The summed E-state index contributed by atoms with van der Waals surface area (Å²) in [6.45, 7) is 5.57. The first-order valence-corrected chi connectivity index (χ1v) is 7.78. The molecule has 4 heteroatoms. The van der Waals surface area contributed by atoms with Crippen molar-refractivity contribution in [1.82, 2.24) is 15.1 Å². The van der Waals surface area contributed by atoms with E-state index < -0.39 is 0 Å². The number of carbonyl (C=O) groups is 1. The highest BCUT2D eigenvalue weighted by atomic mass is 16.2. The SMILES string of the molecule is CN1CCC(CCCC(=O)N(C)CC2CCNC2)C1. The fourth-order valence-electron chi connectivity index (χ4n) is 3.35. The summed E-state index contributed by atoms with van der Waals surface area (Å²) in [5.41, 5.74) is 0. The third kappa shape index (κ3) is 4.77. The van der Waals surface area contributed by atoms with E-state index in [1.165, 1.54) is 32.4 Å². The second kappa shape index (κ2) is 7.25. The van der Waals surface area contributed by atoms with Crippen molar-refractivity contribution < 1.29 is 4.79 Å². The Kier molecular flexibility index (Phi) is 5.64. The van der Waals surface area contributed by atoms with Gasteiger partial charge in [0.2, 0.25) is 5.91 Å². The first-order valence-electron chi connectivity index (χ1n) is 7.78. The van der Waals surface area contributed by atoms with Gasteiger partial charge in [-0.1, -0.05) is 0 Å². The number of hydrogen-bond acceptors (Lipinski definition) is 3. The van der Waals surface area contributed by atoms with Crippen LogP contribution in [0, 0.1) is 11.8 Å². The van der Waals surface area contributed by atoms with Crippen LogP contribution in [0.5, 0.6) is 0 Å². The molecule has 0 aromatic carbocycles. The number of amides is 1. The summed E-state index contributed by atoms with van der Waals surface area (Å²) in [7, 11) is 4.15. The van der Waals surface area contributed by atoms with Gasteiger partial charge in [0, 0.05) is 26.6 Å². The van der Waals surface area contributed by atoms with E-state index in [4.69, 9.17) is 0 Å². The number of rotatable bonds is 6. The third-order valence-electron chi connectivity index (χ3n) is 4.61. The number of carbonyl (C=O) groups excluding carboxylic acids is 1. The van der Waals surface area contributed by atoms with Crippen molar-refractivity contribution in [2.75, 3.05) is 46.8 Å². The van der Waals surface area contributed by atoms with E-state index in [-0.39, 0.29) is 0 Å². The molecule has 2 atom stereocenters.